The molecular formula is C42H59N5O11S. The lowest BCUT2D eigenvalue weighted by molar-refractivity contribution is -0.148. The fourth-order valence-corrected chi connectivity index (χ4v) is 6.47. The van der Waals surface area contributed by atoms with E-state index >= 15 is 0 Å². The first-order valence-electron chi connectivity index (χ1n) is 19.6. The first-order chi connectivity index (χ1) is 28.2. The molecule has 1 aromatic heterocycles. The van der Waals surface area contributed by atoms with E-state index in [-0.39, 0.29) is 83.2 Å². The summed E-state index contributed by atoms with van der Waals surface area (Å²) in [7, 11) is 0. The Morgan fingerprint density at radius 3 is 1.93 bits per heavy atom. The van der Waals surface area contributed by atoms with Crippen LogP contribution in [-0.4, -0.2) is 110 Å². The van der Waals surface area contributed by atoms with E-state index in [0.717, 1.165) is 41.9 Å². The maximum absolute atomic E-state index is 12.5. The smallest absolute Gasteiger partial charge is 0.329 e. The second kappa shape index (κ2) is 26.3. The van der Waals surface area contributed by atoms with Crippen molar-refractivity contribution in [2.75, 3.05) is 70.7 Å². The number of hydrogen-bond acceptors (Lipinski definition) is 13. The largest absolute Gasteiger partial charge is 0.489 e. The quantitative estimate of drug-likeness (QED) is 0.0404. The van der Waals surface area contributed by atoms with Gasteiger partial charge in [0.25, 0.3) is 5.91 Å². The lowest BCUT2D eigenvalue weighted by Crippen LogP contribution is -2.31. The van der Waals surface area contributed by atoms with Crippen molar-refractivity contribution < 1.29 is 53.1 Å². The van der Waals surface area contributed by atoms with Crippen molar-refractivity contribution in [2.45, 2.75) is 71.3 Å². The number of aryl methyl sites for hydroxylation is 1. The lowest BCUT2D eigenvalue weighted by atomic mass is 9.72. The molecule has 2 amide bonds. The average Bonchev–Trinajstić information content (AvgIpc) is 3.20. The van der Waals surface area contributed by atoms with E-state index in [1.54, 1.807) is 13.8 Å². The van der Waals surface area contributed by atoms with Crippen molar-refractivity contribution in [2.24, 2.45) is 10.8 Å². The Labute approximate surface area is 350 Å². The Morgan fingerprint density at radius 1 is 0.712 bits per heavy atom. The molecule has 1 heterocycles. The monoisotopic (exact) mass is 841 g/mol. The number of hydrogen-bond donors (Lipinski definition) is 5. The molecule has 0 atom stereocenters. The number of carbonyl (C=O) groups is 4. The fraction of sp³-hybridized carbons (Fsp3) is 0.524. The third kappa shape index (κ3) is 21.1. The standard InChI is InChI=1S/C42H59N5O11S/c1-41(2,30-42(3,4)39(52)53)16-6-5-7-31-8-10-32(11-9-31)27-58-34-12-14-35(15-13-34)59-47-40-45-25-33(26-46-40)38(51)44-18-20-55-21-23-56-28-36(48)43-17-19-54-22-24-57-29-37(49)50/h8-15,25-26H,5-7,16-24,27-30H2,1-4H3,(H,43,48)(H,44,51)(H,49,50)(H,52,53)(H,45,46,47). The highest BCUT2D eigenvalue weighted by Crippen LogP contribution is 2.37. The molecule has 0 aliphatic carbocycles. The van der Waals surface area contributed by atoms with Crippen molar-refractivity contribution in [3.8, 4) is 5.75 Å². The van der Waals surface area contributed by atoms with Gasteiger partial charge in [0.1, 0.15) is 25.6 Å². The SMILES string of the molecule is CC(C)(CCCCc1ccc(COc2ccc(SNc3ncc(C(=O)NCCOCCOCC(=O)NCCOCCOCC(=O)O)cn3)cc2)cc1)CC(C)(C)C(=O)O. The maximum atomic E-state index is 12.5. The first kappa shape index (κ1) is 48.6. The summed E-state index contributed by atoms with van der Waals surface area (Å²) in [4.78, 5) is 55.5. The molecule has 3 rings (SSSR count). The Bertz CT molecular complexity index is 1710. The summed E-state index contributed by atoms with van der Waals surface area (Å²) in [5, 5.41) is 23.3. The molecular weight excluding hydrogens is 783 g/mol. The van der Waals surface area contributed by atoms with Crippen LogP contribution in [0.4, 0.5) is 5.95 Å². The number of carboxylic acid groups (broad SMARTS) is 2. The van der Waals surface area contributed by atoms with Crippen LogP contribution in [0.2, 0.25) is 0 Å². The molecule has 17 heteroatoms. The number of aliphatic carboxylic acids is 2. The normalized spacial score (nSPS) is 11.5. The number of carboxylic acids is 2. The van der Waals surface area contributed by atoms with Crippen LogP contribution in [0.5, 0.6) is 5.75 Å². The van der Waals surface area contributed by atoms with Gasteiger partial charge in [-0.05, 0) is 92.3 Å². The van der Waals surface area contributed by atoms with Crippen LogP contribution >= 0.6 is 11.9 Å². The number of nitrogens with one attached hydrogen (secondary N) is 3. The van der Waals surface area contributed by atoms with Gasteiger partial charge < -0.3 is 44.5 Å². The Balaban J connectivity index is 1.21. The van der Waals surface area contributed by atoms with Crippen molar-refractivity contribution in [1.29, 1.82) is 0 Å². The zero-order valence-corrected chi connectivity index (χ0v) is 35.3. The molecule has 324 valence electrons. The van der Waals surface area contributed by atoms with Crippen LogP contribution in [0.1, 0.15) is 74.9 Å². The van der Waals surface area contributed by atoms with Gasteiger partial charge in [-0.25, -0.2) is 14.8 Å². The molecule has 0 saturated carbocycles. The number of nitrogens with zero attached hydrogens (tertiary/aromatic N) is 2. The minimum absolute atomic E-state index is 0.0186. The zero-order valence-electron chi connectivity index (χ0n) is 34.5. The van der Waals surface area contributed by atoms with Crippen LogP contribution in [0, 0.1) is 10.8 Å². The van der Waals surface area contributed by atoms with E-state index in [2.05, 4.69) is 63.4 Å². The van der Waals surface area contributed by atoms with Crippen LogP contribution in [0.3, 0.4) is 0 Å². The van der Waals surface area contributed by atoms with Crippen LogP contribution in [-0.2, 0) is 46.4 Å². The molecule has 16 nitrogen and oxygen atoms in total. The number of unbranched alkanes of at least 4 members (excludes halogenated alkanes) is 1. The molecule has 5 N–H and O–H groups in total. The van der Waals surface area contributed by atoms with E-state index in [1.807, 2.05) is 24.3 Å². The molecule has 0 aliphatic heterocycles. The van der Waals surface area contributed by atoms with Crippen LogP contribution < -0.4 is 20.1 Å². The number of anilines is 1. The summed E-state index contributed by atoms with van der Waals surface area (Å²) in [6.45, 7) is 9.75. The van der Waals surface area contributed by atoms with Crippen LogP contribution in [0.25, 0.3) is 0 Å². The first-order valence-corrected chi connectivity index (χ1v) is 20.4. The summed E-state index contributed by atoms with van der Waals surface area (Å²) in [6, 6.07) is 16.1. The molecule has 0 bridgehead atoms. The zero-order chi connectivity index (χ0) is 42.9. The van der Waals surface area contributed by atoms with Crippen molar-refractivity contribution in [1.82, 2.24) is 20.6 Å². The van der Waals surface area contributed by atoms with Gasteiger partial charge in [-0.3, -0.25) is 19.1 Å². The molecule has 2 aromatic carbocycles. The van der Waals surface area contributed by atoms with E-state index in [4.69, 9.17) is 28.8 Å². The fourth-order valence-electron chi connectivity index (χ4n) is 5.88. The number of ether oxygens (including phenoxy) is 5. The second-order valence-electron chi connectivity index (χ2n) is 15.1. The van der Waals surface area contributed by atoms with Gasteiger partial charge >= 0.3 is 11.9 Å². The third-order valence-electron chi connectivity index (χ3n) is 8.80. The summed E-state index contributed by atoms with van der Waals surface area (Å²) in [5.41, 5.74) is 1.92. The van der Waals surface area contributed by atoms with Crippen molar-refractivity contribution in [3.63, 3.8) is 0 Å². The number of carbonyl (C=O) groups excluding carboxylic acids is 2. The van der Waals surface area contributed by atoms with Gasteiger partial charge in [0.15, 0.2) is 0 Å². The molecule has 3 aromatic rings. The topological polar surface area (TPSA) is 217 Å². The van der Waals surface area contributed by atoms with Gasteiger partial charge in [0.2, 0.25) is 11.9 Å². The van der Waals surface area contributed by atoms with Gasteiger partial charge in [0, 0.05) is 30.4 Å². The average molecular weight is 842 g/mol. The molecule has 59 heavy (non-hydrogen) atoms. The minimum atomic E-state index is -1.04. The molecule has 0 fully saturated rings. The predicted octanol–water partition coefficient (Wildman–Crippen LogP) is 5.41. The summed E-state index contributed by atoms with van der Waals surface area (Å²) >= 11 is 1.33. The van der Waals surface area contributed by atoms with Gasteiger partial charge in [-0.1, -0.05) is 44.5 Å². The highest BCUT2D eigenvalue weighted by Gasteiger charge is 2.34. The number of aromatic nitrogens is 2. The van der Waals surface area contributed by atoms with E-state index in [0.29, 0.717) is 24.5 Å². The number of rotatable bonds is 31. The number of amides is 2. The van der Waals surface area contributed by atoms with Crippen molar-refractivity contribution in [3.05, 3.63) is 77.6 Å². The van der Waals surface area contributed by atoms with E-state index in [9.17, 15) is 24.3 Å². The molecule has 0 unspecified atom stereocenters. The minimum Gasteiger partial charge on any atom is -0.489 e. The highest BCUT2D eigenvalue weighted by atomic mass is 32.2. The predicted molar refractivity (Wildman–Crippen MR) is 222 cm³/mol. The molecule has 0 radical (unpaired) electrons. The van der Waals surface area contributed by atoms with E-state index in [1.165, 1.54) is 29.9 Å². The Kier molecular flexibility index (Phi) is 21.7. The third-order valence-corrected chi connectivity index (χ3v) is 9.59. The van der Waals surface area contributed by atoms with Crippen LogP contribution in [0.15, 0.2) is 65.8 Å². The van der Waals surface area contributed by atoms with E-state index < -0.39 is 17.4 Å². The van der Waals surface area contributed by atoms with Gasteiger partial charge in [-0.2, -0.15) is 0 Å². The number of benzene rings is 2. The molecule has 0 saturated heterocycles. The Morgan fingerprint density at radius 2 is 1.31 bits per heavy atom. The van der Waals surface area contributed by atoms with Gasteiger partial charge in [-0.15, -0.1) is 0 Å². The maximum Gasteiger partial charge on any atom is 0.329 e. The second-order valence-corrected chi connectivity index (χ2v) is 16.0. The highest BCUT2D eigenvalue weighted by molar-refractivity contribution is 8.00. The summed E-state index contributed by atoms with van der Waals surface area (Å²) in [5.74, 6) is -1.33. The Hall–Kier alpha value is -4.81. The van der Waals surface area contributed by atoms with Gasteiger partial charge in [0.05, 0.1) is 50.6 Å². The molecule has 0 spiro atoms. The molecule has 0 aliphatic rings. The van der Waals surface area contributed by atoms with Crippen molar-refractivity contribution >= 4 is 41.6 Å². The lowest BCUT2D eigenvalue weighted by Gasteiger charge is -2.32. The summed E-state index contributed by atoms with van der Waals surface area (Å²) < 4.78 is 29.8. The summed E-state index contributed by atoms with van der Waals surface area (Å²) in [6.07, 6.45) is 7.62.